The Labute approximate surface area is 89.4 Å². The molecule has 17 heavy (non-hydrogen) atoms. The summed E-state index contributed by atoms with van der Waals surface area (Å²) in [5.41, 5.74) is 0. The zero-order valence-electron chi connectivity index (χ0n) is 7.87. The van der Waals surface area contributed by atoms with Gasteiger partial charge in [-0.1, -0.05) is 6.08 Å². The molecule has 1 aliphatic heterocycles. The van der Waals surface area contributed by atoms with E-state index < -0.39 is 35.8 Å². The number of nitrogens with zero attached hydrogens (tertiary/aromatic N) is 1. The van der Waals surface area contributed by atoms with E-state index in [1.165, 1.54) is 0 Å². The first-order valence-electron chi connectivity index (χ1n) is 4.00. The number of morpholine rings is 1. The van der Waals surface area contributed by atoms with Crippen LogP contribution in [-0.2, 0) is 4.74 Å². The minimum absolute atomic E-state index is 0.360. The highest BCUT2D eigenvalue weighted by Crippen LogP contribution is 2.55. The Bertz CT molecular complexity index is 302. The first kappa shape index (κ1) is 14.2. The zero-order valence-corrected chi connectivity index (χ0v) is 7.87. The van der Waals surface area contributed by atoms with E-state index in [2.05, 4.69) is 11.3 Å². The van der Waals surface area contributed by atoms with E-state index in [0.717, 1.165) is 0 Å². The predicted molar refractivity (Wildman–Crippen MR) is 37.8 cm³/mol. The molecule has 0 amide bonds. The van der Waals surface area contributed by atoms with Crippen LogP contribution in [0.4, 0.5) is 35.1 Å². The first-order valence-corrected chi connectivity index (χ1v) is 4.00. The van der Waals surface area contributed by atoms with Crippen molar-refractivity contribution < 1.29 is 39.9 Å². The van der Waals surface area contributed by atoms with E-state index in [1.807, 2.05) is 0 Å². The molecule has 0 aromatic rings. The van der Waals surface area contributed by atoms with Crippen LogP contribution < -0.4 is 0 Å². The molecule has 1 saturated heterocycles. The predicted octanol–water partition coefficient (Wildman–Crippen LogP) is 2.88. The minimum atomic E-state index is -5.75. The highest BCUT2D eigenvalue weighted by Gasteiger charge is 2.82. The van der Waals surface area contributed by atoms with Crippen molar-refractivity contribution in [3.05, 3.63) is 12.7 Å². The second-order valence-electron chi connectivity index (χ2n) is 3.12. The Morgan fingerprint density at radius 2 is 1.24 bits per heavy atom. The Hall–Kier alpha value is -0.900. The van der Waals surface area contributed by atoms with Crippen LogP contribution >= 0.6 is 0 Å². The van der Waals surface area contributed by atoms with Gasteiger partial charge in [-0.25, -0.2) is 4.74 Å². The van der Waals surface area contributed by atoms with Crippen LogP contribution in [0.5, 0.6) is 0 Å². The average Bonchev–Trinajstić information content (AvgIpc) is 2.09. The lowest BCUT2D eigenvalue weighted by Gasteiger charge is -2.46. The van der Waals surface area contributed by atoms with Crippen molar-refractivity contribution in [3.63, 3.8) is 0 Å². The summed E-state index contributed by atoms with van der Waals surface area (Å²) >= 11 is 0. The molecule has 100 valence electrons. The molecule has 1 heterocycles. The maximum Gasteiger partial charge on any atom is 0.439 e. The normalized spacial score (nSPS) is 29.9. The third-order valence-electron chi connectivity index (χ3n) is 1.95. The first-order chi connectivity index (χ1) is 7.40. The molecular formula is C7H5F8NO. The third-order valence-corrected chi connectivity index (χ3v) is 1.95. The molecule has 0 spiro atoms. The number of alkyl halides is 8. The summed E-state index contributed by atoms with van der Waals surface area (Å²) in [7, 11) is 0. The van der Waals surface area contributed by atoms with E-state index in [9.17, 15) is 35.1 Å². The van der Waals surface area contributed by atoms with Crippen molar-refractivity contribution >= 4 is 0 Å². The van der Waals surface area contributed by atoms with Gasteiger partial charge in [0.05, 0.1) is 0 Å². The smallest absolute Gasteiger partial charge is 0.243 e. The summed E-state index contributed by atoms with van der Waals surface area (Å²) in [5.74, 6) is 0. The molecule has 1 rings (SSSR count). The molecule has 10 heteroatoms. The van der Waals surface area contributed by atoms with Crippen LogP contribution in [0, 0.1) is 0 Å². The summed E-state index contributed by atoms with van der Waals surface area (Å²) in [6, 6.07) is -11.2. The molecule has 2 nitrogen and oxygen atoms in total. The largest absolute Gasteiger partial charge is 0.439 e. The SMILES string of the molecule is C=CCN1C(F)(F)C(F)(F)OC(F)(F)C1(F)F. The van der Waals surface area contributed by atoms with E-state index >= 15 is 0 Å². The topological polar surface area (TPSA) is 12.5 Å². The molecule has 1 fully saturated rings. The van der Waals surface area contributed by atoms with Crippen LogP contribution in [0.25, 0.3) is 0 Å². The Morgan fingerprint density at radius 1 is 0.882 bits per heavy atom. The molecule has 0 aliphatic carbocycles. The molecule has 1 aliphatic rings. The molecule has 0 bridgehead atoms. The summed E-state index contributed by atoms with van der Waals surface area (Å²) in [6.45, 7) is 1.17. The van der Waals surface area contributed by atoms with Gasteiger partial charge in [0.1, 0.15) is 0 Å². The Balaban J connectivity index is 3.31. The van der Waals surface area contributed by atoms with Crippen molar-refractivity contribution in [3.8, 4) is 0 Å². The maximum atomic E-state index is 12.9. The highest BCUT2D eigenvalue weighted by atomic mass is 19.4. The molecule has 0 aromatic heterocycles. The van der Waals surface area contributed by atoms with E-state index in [4.69, 9.17) is 0 Å². The number of halogens is 8. The zero-order chi connectivity index (χ0) is 13.7. The van der Waals surface area contributed by atoms with Gasteiger partial charge in [-0.3, -0.25) is 0 Å². The number of rotatable bonds is 2. The van der Waals surface area contributed by atoms with Gasteiger partial charge in [0.25, 0.3) is 0 Å². The maximum absolute atomic E-state index is 12.9. The standard InChI is InChI=1S/C7H5F8NO/c1-2-3-16-4(8,9)6(12,13)17-7(14,15)5(16,10)11/h2H,1,3H2. The lowest BCUT2D eigenvalue weighted by atomic mass is 10.2. The summed E-state index contributed by atoms with van der Waals surface area (Å²) < 4.78 is 104. The molecular weight excluding hydrogens is 266 g/mol. The minimum Gasteiger partial charge on any atom is -0.243 e. The third kappa shape index (κ3) is 1.79. The van der Waals surface area contributed by atoms with Crippen LogP contribution in [0.2, 0.25) is 0 Å². The van der Waals surface area contributed by atoms with Crippen molar-refractivity contribution in [1.82, 2.24) is 4.90 Å². The monoisotopic (exact) mass is 271 g/mol. The van der Waals surface area contributed by atoms with Crippen molar-refractivity contribution in [1.29, 1.82) is 0 Å². The molecule has 0 aromatic carbocycles. The van der Waals surface area contributed by atoms with Gasteiger partial charge < -0.3 is 0 Å². The fraction of sp³-hybridized carbons (Fsp3) is 0.714. The van der Waals surface area contributed by atoms with Crippen LogP contribution in [0.15, 0.2) is 12.7 Å². The van der Waals surface area contributed by atoms with Gasteiger partial charge in [-0.05, 0) is 0 Å². The van der Waals surface area contributed by atoms with Crippen LogP contribution in [0.1, 0.15) is 0 Å². The number of hydrogen-bond donors (Lipinski definition) is 0. The lowest BCUT2D eigenvalue weighted by Crippen LogP contribution is -2.73. The Morgan fingerprint density at radius 3 is 1.53 bits per heavy atom. The quantitative estimate of drug-likeness (QED) is 0.435. The van der Waals surface area contributed by atoms with Crippen LogP contribution in [-0.4, -0.2) is 35.8 Å². The fourth-order valence-corrected chi connectivity index (χ4v) is 1.13. The van der Waals surface area contributed by atoms with E-state index in [0.29, 0.717) is 6.08 Å². The van der Waals surface area contributed by atoms with Crippen molar-refractivity contribution in [2.75, 3.05) is 6.54 Å². The highest BCUT2D eigenvalue weighted by molar-refractivity contribution is 4.96. The van der Waals surface area contributed by atoms with E-state index in [1.54, 1.807) is 0 Å². The van der Waals surface area contributed by atoms with Crippen molar-refractivity contribution in [2.24, 2.45) is 0 Å². The Kier molecular flexibility index (Phi) is 2.95. The second-order valence-corrected chi connectivity index (χ2v) is 3.12. The summed E-state index contributed by atoms with van der Waals surface area (Å²) in [5, 5.41) is 0. The van der Waals surface area contributed by atoms with Crippen LogP contribution in [0.3, 0.4) is 0 Å². The fourth-order valence-electron chi connectivity index (χ4n) is 1.13. The molecule has 0 N–H and O–H groups in total. The molecule has 0 unspecified atom stereocenters. The van der Waals surface area contributed by atoms with Crippen molar-refractivity contribution in [2.45, 2.75) is 24.3 Å². The van der Waals surface area contributed by atoms with Gasteiger partial charge in [0.2, 0.25) is 0 Å². The number of hydrogen-bond acceptors (Lipinski definition) is 2. The number of ether oxygens (including phenoxy) is 1. The summed E-state index contributed by atoms with van der Waals surface area (Å²) in [6.07, 6.45) is -11.1. The van der Waals surface area contributed by atoms with E-state index in [-0.39, 0.29) is 0 Å². The lowest BCUT2D eigenvalue weighted by molar-refractivity contribution is -0.561. The molecule has 0 radical (unpaired) electrons. The van der Waals surface area contributed by atoms with Gasteiger partial charge in [-0.2, -0.15) is 40.0 Å². The molecule has 0 saturated carbocycles. The van der Waals surface area contributed by atoms with Gasteiger partial charge in [-0.15, -0.1) is 6.58 Å². The second kappa shape index (κ2) is 3.55. The summed E-state index contributed by atoms with van der Waals surface area (Å²) in [4.78, 5) is -1.66. The van der Waals surface area contributed by atoms with Gasteiger partial charge >= 0.3 is 24.3 Å². The molecule has 0 atom stereocenters. The average molecular weight is 271 g/mol. The van der Waals surface area contributed by atoms with Gasteiger partial charge in [0.15, 0.2) is 0 Å². The van der Waals surface area contributed by atoms with Gasteiger partial charge in [0, 0.05) is 6.54 Å².